The number of aromatic nitrogens is 4. The van der Waals surface area contributed by atoms with Crippen molar-refractivity contribution in [2.75, 3.05) is 6.61 Å². The molecule has 192 valence electrons. The van der Waals surface area contributed by atoms with Crippen LogP contribution in [0.4, 0.5) is 0 Å². The summed E-state index contributed by atoms with van der Waals surface area (Å²) in [5.74, 6) is -0.472. The molecule has 0 amide bonds. The van der Waals surface area contributed by atoms with E-state index in [1.807, 2.05) is 48.8 Å². The Balaban J connectivity index is 1.87. The fourth-order valence-electron chi connectivity index (χ4n) is 5.03. The van der Waals surface area contributed by atoms with Crippen molar-refractivity contribution in [2.24, 2.45) is 0 Å². The number of pyridine rings is 2. The number of esters is 2. The molecule has 1 aliphatic rings. The Morgan fingerprint density at radius 2 is 1.82 bits per heavy atom. The summed E-state index contributed by atoms with van der Waals surface area (Å²) in [7, 11) is 0. The third-order valence-electron chi connectivity index (χ3n) is 6.41. The minimum Gasteiger partial charge on any atom is -0.462 e. The number of allylic oxidation sites excluding steroid dienone is 2. The van der Waals surface area contributed by atoms with Crippen molar-refractivity contribution in [3.05, 3.63) is 112 Å². The van der Waals surface area contributed by atoms with E-state index in [2.05, 4.69) is 9.97 Å². The van der Waals surface area contributed by atoms with Gasteiger partial charge in [0.2, 0.25) is 0 Å². The number of benzene rings is 1. The maximum Gasteiger partial charge on any atom is 0.344 e. The quantitative estimate of drug-likeness (QED) is 0.239. The summed E-state index contributed by atoms with van der Waals surface area (Å²) in [6, 6.07) is 12.4. The van der Waals surface area contributed by atoms with Crippen LogP contribution in [0, 0.1) is 6.92 Å². The number of fused-ring (bicyclic) bond motifs is 1. The number of halogens is 1. The monoisotopic (exact) mass is 528 g/mol. The van der Waals surface area contributed by atoms with Crippen LogP contribution in [-0.2, 0) is 19.8 Å². The highest BCUT2D eigenvalue weighted by molar-refractivity contribution is 6.31. The molecular weight excluding hydrogens is 504 g/mol. The molecule has 3 heterocycles. The van der Waals surface area contributed by atoms with E-state index in [1.54, 1.807) is 43.7 Å². The highest BCUT2D eigenvalue weighted by Gasteiger charge is 2.48. The number of ether oxygens (including phenoxy) is 2. The summed E-state index contributed by atoms with van der Waals surface area (Å²) in [6.07, 6.45) is 8.50. The fourth-order valence-corrected chi connectivity index (χ4v) is 5.31. The van der Waals surface area contributed by atoms with E-state index < -0.39 is 17.5 Å². The molecule has 0 bridgehead atoms. The molecule has 8 nitrogen and oxygen atoms in total. The molecule has 9 heteroatoms. The first-order chi connectivity index (χ1) is 18.4. The van der Waals surface area contributed by atoms with Crippen molar-refractivity contribution < 1.29 is 19.1 Å². The molecule has 0 aliphatic heterocycles. The zero-order valence-electron chi connectivity index (χ0n) is 21.1. The van der Waals surface area contributed by atoms with Crippen LogP contribution in [0.3, 0.4) is 0 Å². The zero-order valence-corrected chi connectivity index (χ0v) is 21.9. The molecule has 1 unspecified atom stereocenters. The van der Waals surface area contributed by atoms with Crippen LogP contribution in [0.15, 0.2) is 90.2 Å². The van der Waals surface area contributed by atoms with Crippen LogP contribution in [0.2, 0.25) is 5.02 Å². The lowest BCUT2D eigenvalue weighted by molar-refractivity contribution is -0.139. The Labute approximate surface area is 224 Å². The fraction of sp³-hybridized carbons (Fsp3) is 0.207. The topological polar surface area (TPSA) is 96.2 Å². The average molecular weight is 529 g/mol. The van der Waals surface area contributed by atoms with Crippen LogP contribution in [0.1, 0.15) is 42.0 Å². The lowest BCUT2D eigenvalue weighted by Crippen LogP contribution is -2.43. The van der Waals surface area contributed by atoms with Crippen molar-refractivity contribution in [3.8, 4) is 0 Å². The van der Waals surface area contributed by atoms with E-state index in [9.17, 15) is 9.59 Å². The van der Waals surface area contributed by atoms with E-state index in [1.165, 1.54) is 6.20 Å². The third-order valence-corrected chi connectivity index (χ3v) is 6.74. The number of nitrogens with zero attached hydrogens (tertiary/aromatic N) is 4. The zero-order chi connectivity index (χ0) is 26.9. The number of rotatable bonds is 6. The standard InChI is InChI=1S/C29H25ClN4O4/c1-4-37-28(36)26-25(38-27(35)20-8-7-12-31-16-20)14-18(2)15-29(26,21-9-5-6-10-22(21)30)34-19(3)33-23-17-32-13-11-24(23)34/h5-13,15-17H,4,14H2,1-3H3. The number of carbonyl (C=O) groups is 2. The van der Waals surface area contributed by atoms with Crippen LogP contribution >= 0.6 is 11.6 Å². The third kappa shape index (κ3) is 4.26. The maximum atomic E-state index is 13.9. The number of carbonyl (C=O) groups excluding carboxylic acids is 2. The van der Waals surface area contributed by atoms with Gasteiger partial charge < -0.3 is 14.0 Å². The highest BCUT2D eigenvalue weighted by atomic mass is 35.5. The molecule has 1 atom stereocenters. The first kappa shape index (κ1) is 25.4. The van der Waals surface area contributed by atoms with Crippen molar-refractivity contribution in [1.82, 2.24) is 19.5 Å². The number of hydrogen-bond acceptors (Lipinski definition) is 7. The molecular formula is C29H25ClN4O4. The van der Waals surface area contributed by atoms with Crippen LogP contribution in [-0.4, -0.2) is 38.1 Å². The summed E-state index contributed by atoms with van der Waals surface area (Å²) in [4.78, 5) is 40.0. The molecule has 0 saturated heterocycles. The summed E-state index contributed by atoms with van der Waals surface area (Å²) >= 11 is 6.85. The van der Waals surface area contributed by atoms with Gasteiger partial charge in [0.1, 0.15) is 28.2 Å². The first-order valence-corrected chi connectivity index (χ1v) is 12.5. The van der Waals surface area contributed by atoms with E-state index in [-0.39, 0.29) is 29.9 Å². The Kier molecular flexibility index (Phi) is 6.82. The second-order valence-corrected chi connectivity index (χ2v) is 9.33. The molecule has 4 aromatic rings. The largest absolute Gasteiger partial charge is 0.462 e. The number of imidazole rings is 1. The summed E-state index contributed by atoms with van der Waals surface area (Å²) < 4.78 is 13.5. The first-order valence-electron chi connectivity index (χ1n) is 12.1. The smallest absolute Gasteiger partial charge is 0.344 e. The van der Waals surface area contributed by atoms with Gasteiger partial charge in [0.25, 0.3) is 0 Å². The number of hydrogen-bond donors (Lipinski definition) is 0. The minimum atomic E-state index is -1.34. The highest BCUT2D eigenvalue weighted by Crippen LogP contribution is 2.48. The molecule has 0 fully saturated rings. The lowest BCUT2D eigenvalue weighted by Gasteiger charge is -2.40. The van der Waals surface area contributed by atoms with Crippen LogP contribution in [0.25, 0.3) is 11.0 Å². The second kappa shape index (κ2) is 10.2. The Hall–Kier alpha value is -4.30. The van der Waals surface area contributed by atoms with Crippen molar-refractivity contribution in [3.63, 3.8) is 0 Å². The molecule has 1 aliphatic carbocycles. The van der Waals surface area contributed by atoms with Crippen LogP contribution < -0.4 is 0 Å². The van der Waals surface area contributed by atoms with Crippen molar-refractivity contribution in [1.29, 1.82) is 0 Å². The maximum absolute atomic E-state index is 13.9. The predicted molar refractivity (Wildman–Crippen MR) is 142 cm³/mol. The summed E-state index contributed by atoms with van der Waals surface area (Å²) in [5, 5.41) is 0.425. The van der Waals surface area contributed by atoms with Gasteiger partial charge in [-0.1, -0.05) is 35.4 Å². The molecule has 0 radical (unpaired) electrons. The summed E-state index contributed by atoms with van der Waals surface area (Å²) in [6.45, 7) is 5.62. The van der Waals surface area contributed by atoms with E-state index >= 15 is 0 Å². The summed E-state index contributed by atoms with van der Waals surface area (Å²) in [5.41, 5.74) is 1.91. The van der Waals surface area contributed by atoms with Gasteiger partial charge in [0, 0.05) is 35.6 Å². The average Bonchev–Trinajstić information content (AvgIpc) is 3.25. The normalized spacial score (nSPS) is 17.3. The van der Waals surface area contributed by atoms with Crippen molar-refractivity contribution in [2.45, 2.75) is 32.7 Å². The van der Waals surface area contributed by atoms with E-state index in [0.717, 1.165) is 11.1 Å². The SMILES string of the molecule is CCOC(=O)C1=C(OC(=O)c2cccnc2)CC(C)=CC1(c1ccccc1Cl)n1c(C)nc2cnccc21. The molecule has 5 rings (SSSR count). The van der Waals surface area contributed by atoms with Gasteiger partial charge in [-0.3, -0.25) is 9.97 Å². The van der Waals surface area contributed by atoms with Gasteiger partial charge in [-0.25, -0.2) is 14.6 Å². The second-order valence-electron chi connectivity index (χ2n) is 8.92. The Bertz CT molecular complexity index is 1610. The predicted octanol–water partition coefficient (Wildman–Crippen LogP) is 5.56. The molecule has 0 N–H and O–H groups in total. The number of aryl methyl sites for hydroxylation is 1. The van der Waals surface area contributed by atoms with Gasteiger partial charge in [0.15, 0.2) is 0 Å². The molecule has 0 saturated carbocycles. The molecule has 38 heavy (non-hydrogen) atoms. The minimum absolute atomic E-state index is 0.126. The van der Waals surface area contributed by atoms with Crippen LogP contribution in [0.5, 0.6) is 0 Å². The Morgan fingerprint density at radius 3 is 2.55 bits per heavy atom. The molecule has 0 spiro atoms. The van der Waals surface area contributed by atoms with Gasteiger partial charge in [-0.05, 0) is 51.1 Å². The molecule has 1 aromatic carbocycles. The van der Waals surface area contributed by atoms with E-state index in [0.29, 0.717) is 21.9 Å². The van der Waals surface area contributed by atoms with Gasteiger partial charge >= 0.3 is 11.9 Å². The van der Waals surface area contributed by atoms with Gasteiger partial charge in [0.05, 0.1) is 23.9 Å². The van der Waals surface area contributed by atoms with Crippen molar-refractivity contribution >= 4 is 34.6 Å². The lowest BCUT2D eigenvalue weighted by atomic mass is 9.75. The van der Waals surface area contributed by atoms with Gasteiger partial charge in [-0.2, -0.15) is 0 Å². The van der Waals surface area contributed by atoms with Gasteiger partial charge in [-0.15, -0.1) is 0 Å². The molecule has 3 aromatic heterocycles. The van der Waals surface area contributed by atoms with E-state index in [4.69, 9.17) is 26.1 Å². The Morgan fingerprint density at radius 1 is 1.03 bits per heavy atom.